The smallest absolute Gasteiger partial charge is 0.257 e. The van der Waals surface area contributed by atoms with E-state index in [-0.39, 0.29) is 5.91 Å². The summed E-state index contributed by atoms with van der Waals surface area (Å²) < 4.78 is 15.4. The molecule has 0 aliphatic heterocycles. The number of carbonyl (C=O) groups excluding carboxylic acids is 1. The van der Waals surface area contributed by atoms with Crippen LogP contribution in [-0.4, -0.2) is 36.0 Å². The lowest BCUT2D eigenvalue weighted by Gasteiger charge is -2.16. The second-order valence-corrected chi connectivity index (χ2v) is 9.06. The van der Waals surface area contributed by atoms with Gasteiger partial charge < -0.3 is 20.1 Å². The zero-order valence-electron chi connectivity index (χ0n) is 22.2. The van der Waals surface area contributed by atoms with Crippen LogP contribution in [-0.2, 0) is 6.42 Å². The molecule has 1 amide bonds. The molecule has 0 fully saturated rings. The summed E-state index contributed by atoms with van der Waals surface area (Å²) in [5.41, 5.74) is 6.47. The third-order valence-electron chi connectivity index (χ3n) is 6.37. The van der Waals surface area contributed by atoms with E-state index in [1.54, 1.807) is 0 Å². The Morgan fingerprint density at radius 1 is 0.872 bits per heavy atom. The standard InChI is InChI=1S/C32H30N2O3.CH3F/c1-2-17-37-30-16-15-25(24-12-8-11-23(18-24)22-9-4-3-5-10-22)19-28(30)32(36)34-31(35)20-26-21-33-29-14-7-6-13-27(26)29;1-2/h3-16,18-19,21,31,33,35H,2,17,20H2,1H3,(H,34,36);1H3. The van der Waals surface area contributed by atoms with Crippen LogP contribution in [0.4, 0.5) is 4.39 Å². The minimum atomic E-state index is -1.05. The molecule has 1 heterocycles. The van der Waals surface area contributed by atoms with Crippen molar-refractivity contribution in [1.82, 2.24) is 10.3 Å². The number of ether oxygens (including phenoxy) is 1. The molecular formula is C33H33FN2O3. The second-order valence-electron chi connectivity index (χ2n) is 9.06. The summed E-state index contributed by atoms with van der Waals surface area (Å²) in [6, 6.07) is 32.0. The average Bonchev–Trinajstić information content (AvgIpc) is 3.40. The molecule has 5 nitrogen and oxygen atoms in total. The van der Waals surface area contributed by atoms with Gasteiger partial charge >= 0.3 is 0 Å². The van der Waals surface area contributed by atoms with E-state index in [1.807, 2.05) is 85.9 Å². The van der Waals surface area contributed by atoms with Crippen LogP contribution in [0.5, 0.6) is 5.75 Å². The molecule has 5 rings (SSSR count). The molecule has 0 bridgehead atoms. The SMILES string of the molecule is CCCOc1ccc(-c2cccc(-c3ccccc3)c2)cc1C(=O)NC(O)Cc1c[nH]c2ccccc12.CF. The maximum Gasteiger partial charge on any atom is 0.257 e. The van der Waals surface area contributed by atoms with Crippen LogP contribution in [0.1, 0.15) is 29.3 Å². The lowest BCUT2D eigenvalue weighted by molar-refractivity contribution is 0.0782. The van der Waals surface area contributed by atoms with Crippen molar-refractivity contribution in [2.24, 2.45) is 0 Å². The van der Waals surface area contributed by atoms with Crippen LogP contribution in [0.3, 0.4) is 0 Å². The Kier molecular flexibility index (Phi) is 9.48. The summed E-state index contributed by atoms with van der Waals surface area (Å²) in [4.78, 5) is 16.6. The molecule has 4 aromatic carbocycles. The first-order chi connectivity index (χ1) is 19.1. The topological polar surface area (TPSA) is 74.3 Å². The number of alkyl halides is 1. The van der Waals surface area contributed by atoms with Crippen molar-refractivity contribution in [2.45, 2.75) is 26.0 Å². The van der Waals surface area contributed by atoms with E-state index >= 15 is 0 Å². The van der Waals surface area contributed by atoms with Crippen LogP contribution >= 0.6 is 0 Å². The maximum absolute atomic E-state index is 13.3. The fourth-order valence-electron chi connectivity index (χ4n) is 4.52. The number of aromatic nitrogens is 1. The number of hydrogen-bond acceptors (Lipinski definition) is 3. The summed E-state index contributed by atoms with van der Waals surface area (Å²) in [6.07, 6.45) is 1.94. The molecule has 0 spiro atoms. The van der Waals surface area contributed by atoms with Gasteiger partial charge in [-0.15, -0.1) is 0 Å². The van der Waals surface area contributed by atoms with Gasteiger partial charge in [0.25, 0.3) is 5.91 Å². The lowest BCUT2D eigenvalue weighted by Crippen LogP contribution is -2.36. The normalized spacial score (nSPS) is 11.4. The fraction of sp³-hybridized carbons (Fsp3) is 0.182. The van der Waals surface area contributed by atoms with Gasteiger partial charge in [-0.2, -0.15) is 0 Å². The number of hydrogen-bond donors (Lipinski definition) is 3. The third-order valence-corrected chi connectivity index (χ3v) is 6.37. The van der Waals surface area contributed by atoms with Crippen LogP contribution in [0.15, 0.2) is 103 Å². The number of aliphatic hydroxyl groups is 1. The van der Waals surface area contributed by atoms with Crippen molar-refractivity contribution >= 4 is 16.8 Å². The van der Waals surface area contributed by atoms with Crippen molar-refractivity contribution in [3.05, 3.63) is 114 Å². The summed E-state index contributed by atoms with van der Waals surface area (Å²) in [7, 11) is 0.500. The molecule has 39 heavy (non-hydrogen) atoms. The van der Waals surface area contributed by atoms with Crippen molar-refractivity contribution in [3.8, 4) is 28.0 Å². The molecule has 200 valence electrons. The first kappa shape index (κ1) is 27.6. The van der Waals surface area contributed by atoms with Gasteiger partial charge in [0, 0.05) is 23.5 Å². The number of rotatable bonds is 9. The lowest BCUT2D eigenvalue weighted by atomic mass is 9.97. The minimum Gasteiger partial charge on any atom is -0.493 e. The first-order valence-electron chi connectivity index (χ1n) is 13.0. The van der Waals surface area contributed by atoms with Gasteiger partial charge in [-0.1, -0.05) is 79.7 Å². The van der Waals surface area contributed by atoms with E-state index in [4.69, 9.17) is 4.74 Å². The zero-order chi connectivity index (χ0) is 27.6. The van der Waals surface area contributed by atoms with Gasteiger partial charge in [-0.25, -0.2) is 0 Å². The zero-order valence-corrected chi connectivity index (χ0v) is 22.2. The fourth-order valence-corrected chi connectivity index (χ4v) is 4.52. The van der Waals surface area contributed by atoms with Gasteiger partial charge in [0.05, 0.1) is 19.3 Å². The quantitative estimate of drug-likeness (QED) is 0.179. The monoisotopic (exact) mass is 524 g/mol. The molecule has 6 heteroatoms. The number of halogens is 1. The van der Waals surface area contributed by atoms with Gasteiger partial charge in [-0.3, -0.25) is 9.18 Å². The highest BCUT2D eigenvalue weighted by molar-refractivity contribution is 5.98. The number of aliphatic hydroxyl groups excluding tert-OH is 1. The van der Waals surface area contributed by atoms with Crippen molar-refractivity contribution in [3.63, 3.8) is 0 Å². The van der Waals surface area contributed by atoms with E-state index in [1.165, 1.54) is 0 Å². The molecule has 3 N–H and O–H groups in total. The second kappa shape index (κ2) is 13.4. The largest absolute Gasteiger partial charge is 0.493 e. The Bertz CT molecular complexity index is 1510. The Morgan fingerprint density at radius 3 is 2.31 bits per heavy atom. The highest BCUT2D eigenvalue weighted by Gasteiger charge is 2.18. The van der Waals surface area contributed by atoms with Gasteiger partial charge in [0.1, 0.15) is 12.0 Å². The van der Waals surface area contributed by atoms with E-state index < -0.39 is 6.23 Å². The number of amides is 1. The highest BCUT2D eigenvalue weighted by Crippen LogP contribution is 2.30. The summed E-state index contributed by atoms with van der Waals surface area (Å²) >= 11 is 0. The molecule has 0 saturated heterocycles. The molecule has 0 aliphatic rings. The molecular weight excluding hydrogens is 491 g/mol. The average molecular weight is 525 g/mol. The Balaban J connectivity index is 0.00000172. The van der Waals surface area contributed by atoms with E-state index in [0.29, 0.717) is 31.5 Å². The highest BCUT2D eigenvalue weighted by atomic mass is 19.1. The number of para-hydroxylation sites is 1. The van der Waals surface area contributed by atoms with Crippen molar-refractivity contribution < 1.29 is 19.0 Å². The minimum absolute atomic E-state index is 0.291. The van der Waals surface area contributed by atoms with E-state index in [2.05, 4.69) is 34.6 Å². The van der Waals surface area contributed by atoms with E-state index in [0.717, 1.165) is 45.1 Å². The van der Waals surface area contributed by atoms with Crippen molar-refractivity contribution in [2.75, 3.05) is 13.8 Å². The van der Waals surface area contributed by atoms with E-state index in [9.17, 15) is 14.3 Å². The molecule has 1 atom stereocenters. The van der Waals surface area contributed by atoms with Crippen molar-refractivity contribution in [1.29, 1.82) is 0 Å². The predicted octanol–water partition coefficient (Wildman–Crippen LogP) is 7.17. The summed E-state index contributed by atoms with van der Waals surface area (Å²) in [5.74, 6) is 0.126. The molecule has 1 aromatic heterocycles. The summed E-state index contributed by atoms with van der Waals surface area (Å²) in [5, 5.41) is 14.5. The first-order valence-corrected chi connectivity index (χ1v) is 13.0. The van der Waals surface area contributed by atoms with Gasteiger partial charge in [0.15, 0.2) is 0 Å². The number of H-pyrrole nitrogens is 1. The number of carbonyl (C=O) groups is 1. The number of benzene rings is 4. The summed E-state index contributed by atoms with van der Waals surface area (Å²) in [6.45, 7) is 2.52. The number of aromatic amines is 1. The maximum atomic E-state index is 13.3. The van der Waals surface area contributed by atoms with Crippen LogP contribution in [0.25, 0.3) is 33.2 Å². The van der Waals surface area contributed by atoms with Crippen LogP contribution < -0.4 is 10.1 Å². The molecule has 0 aliphatic carbocycles. The Hall–Kier alpha value is -4.42. The number of fused-ring (bicyclic) bond motifs is 1. The van der Waals surface area contributed by atoms with Crippen LogP contribution in [0.2, 0.25) is 0 Å². The molecule has 0 saturated carbocycles. The van der Waals surface area contributed by atoms with Crippen LogP contribution in [0, 0.1) is 0 Å². The predicted molar refractivity (Wildman–Crippen MR) is 156 cm³/mol. The molecule has 5 aromatic rings. The molecule has 1 unspecified atom stereocenters. The Labute approximate surface area is 228 Å². The number of nitrogens with one attached hydrogen (secondary N) is 2. The Morgan fingerprint density at radius 2 is 1.54 bits per heavy atom. The molecule has 0 radical (unpaired) electrons. The van der Waals surface area contributed by atoms with Gasteiger partial charge in [-0.05, 0) is 58.5 Å². The van der Waals surface area contributed by atoms with Gasteiger partial charge in [0.2, 0.25) is 0 Å². The third kappa shape index (κ3) is 6.72.